The van der Waals surface area contributed by atoms with Crippen LogP contribution in [0.2, 0.25) is 0 Å². The van der Waals surface area contributed by atoms with E-state index in [0.717, 1.165) is 22.9 Å². The van der Waals surface area contributed by atoms with E-state index < -0.39 is 0 Å². The Morgan fingerprint density at radius 1 is 0.714 bits per heavy atom. The Morgan fingerprint density at radius 2 is 1.40 bits per heavy atom. The SMILES string of the molecule is O=Cc1ccccc1NC(CCC(=O)Nc1cccc2cccnc12)Cc1ccc2ccc3cccc4ccc1c2c34. The maximum Gasteiger partial charge on any atom is 0.224 e. The Hall–Kier alpha value is -5.29. The van der Waals surface area contributed by atoms with Crippen molar-refractivity contribution in [3.05, 3.63) is 127 Å². The lowest BCUT2D eigenvalue weighted by Crippen LogP contribution is -2.25. The second-order valence-electron chi connectivity index (χ2n) is 10.8. The van der Waals surface area contributed by atoms with E-state index in [-0.39, 0.29) is 11.9 Å². The fourth-order valence-corrected chi connectivity index (χ4v) is 6.14. The van der Waals surface area contributed by atoms with Gasteiger partial charge in [0.15, 0.2) is 6.29 Å². The van der Waals surface area contributed by atoms with Crippen LogP contribution in [0.15, 0.2) is 115 Å². The van der Waals surface area contributed by atoms with E-state index >= 15 is 0 Å². The summed E-state index contributed by atoms with van der Waals surface area (Å²) in [7, 11) is 0. The second-order valence-corrected chi connectivity index (χ2v) is 10.8. The molecule has 0 bridgehead atoms. The molecule has 0 spiro atoms. The maximum absolute atomic E-state index is 13.2. The number of hydrogen-bond acceptors (Lipinski definition) is 4. The molecular weight excluding hydrogens is 518 g/mol. The van der Waals surface area contributed by atoms with Crippen LogP contribution in [0.3, 0.4) is 0 Å². The molecule has 204 valence electrons. The zero-order chi connectivity index (χ0) is 28.5. The Bertz CT molecular complexity index is 2060. The highest BCUT2D eigenvalue weighted by Gasteiger charge is 2.18. The van der Waals surface area contributed by atoms with Crippen LogP contribution in [0.1, 0.15) is 28.8 Å². The van der Waals surface area contributed by atoms with Crippen LogP contribution >= 0.6 is 0 Å². The molecule has 0 aliphatic carbocycles. The van der Waals surface area contributed by atoms with Gasteiger partial charge in [-0.25, -0.2) is 0 Å². The third-order valence-electron chi connectivity index (χ3n) is 8.16. The standard InChI is InChI=1S/C37H29N3O2/c41-23-29-6-1-2-11-32(29)39-30(18-20-34(42)40-33-12-4-9-27-10-5-21-38-37(27)33)22-28-16-15-26-14-13-24-7-3-8-25-17-19-31(28)36(26)35(24)25/h1-17,19,21,23,30,39H,18,20,22H2,(H,40,42). The van der Waals surface area contributed by atoms with Crippen molar-refractivity contribution >= 4 is 66.8 Å². The number of aldehydes is 1. The van der Waals surface area contributed by atoms with Crippen LogP contribution in [0, 0.1) is 0 Å². The van der Waals surface area contributed by atoms with Crippen LogP contribution in [0.5, 0.6) is 0 Å². The quantitative estimate of drug-likeness (QED) is 0.141. The van der Waals surface area contributed by atoms with E-state index in [2.05, 4.69) is 70.2 Å². The molecule has 0 radical (unpaired) electrons. The summed E-state index contributed by atoms with van der Waals surface area (Å²) < 4.78 is 0. The molecule has 1 unspecified atom stereocenters. The molecule has 42 heavy (non-hydrogen) atoms. The summed E-state index contributed by atoms with van der Waals surface area (Å²) >= 11 is 0. The Labute approximate surface area is 243 Å². The van der Waals surface area contributed by atoms with Crippen molar-refractivity contribution in [3.8, 4) is 0 Å². The van der Waals surface area contributed by atoms with E-state index in [1.807, 2.05) is 54.6 Å². The average molecular weight is 548 g/mol. The summed E-state index contributed by atoms with van der Waals surface area (Å²) in [5.74, 6) is -0.0704. The van der Waals surface area contributed by atoms with E-state index in [1.54, 1.807) is 6.20 Å². The van der Waals surface area contributed by atoms with Gasteiger partial charge in [0.05, 0.1) is 11.2 Å². The molecule has 0 saturated carbocycles. The van der Waals surface area contributed by atoms with Crippen LogP contribution in [0.4, 0.5) is 11.4 Å². The molecule has 5 heteroatoms. The van der Waals surface area contributed by atoms with Gasteiger partial charge in [-0.15, -0.1) is 0 Å². The van der Waals surface area contributed by atoms with Gasteiger partial charge in [0.2, 0.25) is 5.91 Å². The average Bonchev–Trinajstić information content (AvgIpc) is 3.03. The molecule has 6 aromatic carbocycles. The summed E-state index contributed by atoms with van der Waals surface area (Å²) in [4.78, 5) is 29.5. The molecule has 0 saturated heterocycles. The van der Waals surface area contributed by atoms with Gasteiger partial charge < -0.3 is 10.6 Å². The summed E-state index contributed by atoms with van der Waals surface area (Å²) in [6.07, 6.45) is 4.20. The monoisotopic (exact) mass is 547 g/mol. The number of carbonyl (C=O) groups is 2. The van der Waals surface area contributed by atoms with Gasteiger partial charge in [0.25, 0.3) is 0 Å². The lowest BCUT2D eigenvalue weighted by atomic mass is 9.89. The van der Waals surface area contributed by atoms with Gasteiger partial charge in [-0.1, -0.05) is 84.9 Å². The van der Waals surface area contributed by atoms with Crippen LogP contribution in [0.25, 0.3) is 43.2 Å². The topological polar surface area (TPSA) is 71.1 Å². The highest BCUT2D eigenvalue weighted by atomic mass is 16.1. The molecule has 1 heterocycles. The van der Waals surface area contributed by atoms with Gasteiger partial charge >= 0.3 is 0 Å². The number of rotatable bonds is 9. The second kappa shape index (κ2) is 10.9. The third-order valence-corrected chi connectivity index (χ3v) is 8.16. The number of amides is 1. The van der Waals surface area contributed by atoms with Gasteiger partial charge in [-0.2, -0.15) is 0 Å². The van der Waals surface area contributed by atoms with Crippen molar-refractivity contribution in [1.29, 1.82) is 0 Å². The molecule has 0 aliphatic rings. The Morgan fingerprint density at radius 3 is 2.26 bits per heavy atom. The predicted octanol–water partition coefficient (Wildman–Crippen LogP) is 8.39. The minimum absolute atomic E-state index is 0.0704. The van der Waals surface area contributed by atoms with E-state index in [0.29, 0.717) is 30.5 Å². The molecule has 1 amide bonds. The summed E-state index contributed by atoms with van der Waals surface area (Å²) in [6.45, 7) is 0. The molecule has 0 fully saturated rings. The van der Waals surface area contributed by atoms with Gasteiger partial charge in [-0.05, 0) is 75.0 Å². The lowest BCUT2D eigenvalue weighted by molar-refractivity contribution is -0.116. The van der Waals surface area contributed by atoms with Crippen molar-refractivity contribution < 1.29 is 9.59 Å². The highest BCUT2D eigenvalue weighted by molar-refractivity contribution is 6.23. The van der Waals surface area contributed by atoms with Crippen molar-refractivity contribution in [3.63, 3.8) is 0 Å². The normalized spacial score (nSPS) is 12.2. The number of benzene rings is 6. The van der Waals surface area contributed by atoms with Gasteiger partial charge in [0.1, 0.15) is 0 Å². The largest absolute Gasteiger partial charge is 0.381 e. The van der Waals surface area contributed by atoms with E-state index in [9.17, 15) is 9.59 Å². The highest BCUT2D eigenvalue weighted by Crippen LogP contribution is 2.36. The maximum atomic E-state index is 13.2. The molecule has 7 aromatic rings. The number of fused-ring (bicyclic) bond motifs is 1. The van der Waals surface area contributed by atoms with Crippen LogP contribution in [-0.4, -0.2) is 23.2 Å². The smallest absolute Gasteiger partial charge is 0.224 e. The number of anilines is 2. The van der Waals surface area contributed by atoms with Crippen LogP contribution < -0.4 is 10.6 Å². The van der Waals surface area contributed by atoms with Crippen molar-refractivity contribution in [2.75, 3.05) is 10.6 Å². The number of para-hydroxylation sites is 2. The first-order valence-corrected chi connectivity index (χ1v) is 14.3. The zero-order valence-corrected chi connectivity index (χ0v) is 23.0. The first-order valence-electron chi connectivity index (χ1n) is 14.3. The fourth-order valence-electron chi connectivity index (χ4n) is 6.14. The van der Waals surface area contributed by atoms with E-state index in [1.165, 1.54) is 37.9 Å². The zero-order valence-electron chi connectivity index (χ0n) is 23.0. The minimum Gasteiger partial charge on any atom is -0.381 e. The number of carbonyl (C=O) groups excluding carboxylic acids is 2. The van der Waals surface area contributed by atoms with Crippen molar-refractivity contribution in [2.24, 2.45) is 0 Å². The molecule has 5 nitrogen and oxygen atoms in total. The third kappa shape index (κ3) is 4.79. The summed E-state index contributed by atoms with van der Waals surface area (Å²) in [6, 6.07) is 36.7. The minimum atomic E-state index is -0.0824. The Kier molecular flexibility index (Phi) is 6.68. The molecule has 1 atom stereocenters. The first kappa shape index (κ1) is 25.7. The number of hydrogen-bond donors (Lipinski definition) is 2. The number of pyridine rings is 1. The van der Waals surface area contributed by atoms with Crippen LogP contribution in [-0.2, 0) is 11.2 Å². The summed E-state index contributed by atoms with van der Waals surface area (Å²) in [5.41, 5.74) is 4.07. The predicted molar refractivity (Wildman–Crippen MR) is 173 cm³/mol. The Balaban J connectivity index is 1.20. The number of aromatic nitrogens is 1. The van der Waals surface area contributed by atoms with Crippen molar-refractivity contribution in [1.82, 2.24) is 4.98 Å². The molecule has 1 aromatic heterocycles. The summed E-state index contributed by atoms with van der Waals surface area (Å²) in [5, 5.41) is 15.1. The molecule has 0 aliphatic heterocycles. The van der Waals surface area contributed by atoms with Crippen molar-refractivity contribution in [2.45, 2.75) is 25.3 Å². The molecule has 2 N–H and O–H groups in total. The lowest BCUT2D eigenvalue weighted by Gasteiger charge is -2.23. The fraction of sp³-hybridized carbons (Fsp3) is 0.108. The van der Waals surface area contributed by atoms with E-state index in [4.69, 9.17) is 0 Å². The number of nitrogens with one attached hydrogen (secondary N) is 2. The van der Waals surface area contributed by atoms with Gasteiger partial charge in [0, 0.05) is 35.3 Å². The number of nitrogens with zero attached hydrogens (tertiary/aromatic N) is 1. The molecule has 7 rings (SSSR count). The first-order chi connectivity index (χ1) is 20.7. The van der Waals surface area contributed by atoms with Gasteiger partial charge in [-0.3, -0.25) is 14.6 Å². The molecular formula is C37H29N3O2.